The van der Waals surface area contributed by atoms with Crippen molar-refractivity contribution >= 4 is 34.3 Å². The number of unbranched alkanes of at least 4 members (excludes halogenated alkanes) is 2. The summed E-state index contributed by atoms with van der Waals surface area (Å²) in [6.45, 7) is 5.37. The van der Waals surface area contributed by atoms with Crippen molar-refractivity contribution in [1.29, 1.82) is 0 Å². The number of hydrogen-bond donors (Lipinski definition) is 5. The van der Waals surface area contributed by atoms with Crippen LogP contribution >= 0.6 is 0 Å². The second-order valence-corrected chi connectivity index (χ2v) is 8.66. The van der Waals surface area contributed by atoms with Gasteiger partial charge in [-0.05, 0) is 43.2 Å². The molecule has 182 valence electrons. The average Bonchev–Trinajstić information content (AvgIpc) is 2.86. The summed E-state index contributed by atoms with van der Waals surface area (Å²) < 4.78 is 0. The van der Waals surface area contributed by atoms with Gasteiger partial charge < -0.3 is 26.2 Å². The highest BCUT2D eigenvalue weighted by Gasteiger charge is 2.39. The summed E-state index contributed by atoms with van der Waals surface area (Å²) in [7, 11) is 0. The van der Waals surface area contributed by atoms with Crippen molar-refractivity contribution in [3.63, 3.8) is 0 Å². The highest BCUT2D eigenvalue weighted by molar-refractivity contribution is 6.34. The summed E-state index contributed by atoms with van der Waals surface area (Å²) in [5, 5.41) is 31.4. The first-order valence-electron chi connectivity index (χ1n) is 12.1. The fourth-order valence-electron chi connectivity index (χ4n) is 4.29. The van der Waals surface area contributed by atoms with Gasteiger partial charge in [-0.25, -0.2) is 0 Å². The maximum absolute atomic E-state index is 13.9. The number of para-hydroxylation sites is 1. The Kier molecular flexibility index (Phi) is 7.25. The van der Waals surface area contributed by atoms with Crippen LogP contribution in [0, 0.1) is 0 Å². The summed E-state index contributed by atoms with van der Waals surface area (Å²) in [6.07, 6.45) is 3.70. The number of anilines is 4. The third-order valence-electron chi connectivity index (χ3n) is 6.14. The second kappa shape index (κ2) is 10.5. The lowest BCUT2D eigenvalue weighted by atomic mass is 9.80. The lowest BCUT2D eigenvalue weighted by molar-refractivity contribution is 0.0975. The molecule has 0 aromatic heterocycles. The molecule has 5 N–H and O–H groups in total. The van der Waals surface area contributed by atoms with Crippen LogP contribution in [-0.4, -0.2) is 34.9 Å². The maximum Gasteiger partial charge on any atom is 0.200 e. The average molecular weight is 474 g/mol. The molecule has 0 saturated carbocycles. The lowest BCUT2D eigenvalue weighted by Gasteiger charge is -2.26. The van der Waals surface area contributed by atoms with Crippen molar-refractivity contribution in [2.45, 2.75) is 39.5 Å². The second-order valence-electron chi connectivity index (χ2n) is 8.66. The zero-order valence-electron chi connectivity index (χ0n) is 20.1. The standard InChI is InChI=1S/C28H31N3O4/c1-3-5-14-29-19-16-20(30-15-6-4-2)26(33)25-23(19)27(34)24-21(32)13-12-18(22(24)28(25)35)31-17-10-8-7-9-11-17/h7-13,16,29-33H,3-6,14-15H2,1-2H3. The molecule has 0 bridgehead atoms. The van der Waals surface area contributed by atoms with Gasteiger partial charge in [-0.15, -0.1) is 0 Å². The first kappa shape index (κ1) is 24.1. The van der Waals surface area contributed by atoms with E-state index in [9.17, 15) is 19.8 Å². The molecule has 7 heteroatoms. The van der Waals surface area contributed by atoms with Crippen molar-refractivity contribution in [2.75, 3.05) is 29.0 Å². The number of benzene rings is 3. The Morgan fingerprint density at radius 3 is 1.94 bits per heavy atom. The molecule has 3 aromatic carbocycles. The number of carbonyl (C=O) groups is 2. The zero-order chi connectivity index (χ0) is 24.9. The third-order valence-corrected chi connectivity index (χ3v) is 6.14. The van der Waals surface area contributed by atoms with Crippen LogP contribution in [0.4, 0.5) is 22.7 Å². The van der Waals surface area contributed by atoms with Gasteiger partial charge in [0.25, 0.3) is 0 Å². The topological polar surface area (TPSA) is 111 Å². The van der Waals surface area contributed by atoms with E-state index in [2.05, 4.69) is 29.8 Å². The Hall–Kier alpha value is -4.00. The third kappa shape index (κ3) is 4.67. The molecule has 0 atom stereocenters. The first-order chi connectivity index (χ1) is 17.0. The molecule has 0 unspecified atom stereocenters. The van der Waals surface area contributed by atoms with E-state index in [1.165, 1.54) is 6.07 Å². The van der Waals surface area contributed by atoms with Crippen LogP contribution in [-0.2, 0) is 0 Å². The smallest absolute Gasteiger partial charge is 0.200 e. The van der Waals surface area contributed by atoms with Crippen molar-refractivity contribution in [3.8, 4) is 11.5 Å². The summed E-state index contributed by atoms with van der Waals surface area (Å²) >= 11 is 0. The minimum atomic E-state index is -0.515. The van der Waals surface area contributed by atoms with E-state index in [4.69, 9.17) is 0 Å². The molecule has 0 amide bonds. The number of nitrogens with one attached hydrogen (secondary N) is 3. The SMILES string of the molecule is CCCCNc1cc(NCCCC)c2c(c1O)C(=O)c1c(Nc3ccccc3)ccc(O)c1C2=O. The van der Waals surface area contributed by atoms with Gasteiger partial charge in [0.15, 0.2) is 5.75 Å². The molecule has 35 heavy (non-hydrogen) atoms. The molecule has 0 fully saturated rings. The Bertz CT molecular complexity index is 1260. The fourth-order valence-corrected chi connectivity index (χ4v) is 4.29. The van der Waals surface area contributed by atoms with Gasteiger partial charge in [-0.2, -0.15) is 0 Å². The number of fused-ring (bicyclic) bond motifs is 2. The number of phenolic OH excluding ortho intramolecular Hbond substituents is 2. The molecule has 0 spiro atoms. The molecule has 0 radical (unpaired) electrons. The minimum absolute atomic E-state index is 0.0480. The molecular weight excluding hydrogens is 442 g/mol. The molecule has 3 aromatic rings. The maximum atomic E-state index is 13.9. The number of phenols is 2. The molecule has 0 saturated heterocycles. The van der Waals surface area contributed by atoms with Gasteiger partial charge in [-0.1, -0.05) is 44.9 Å². The highest BCUT2D eigenvalue weighted by Crippen LogP contribution is 2.45. The molecule has 4 rings (SSSR count). The van der Waals surface area contributed by atoms with Gasteiger partial charge >= 0.3 is 0 Å². The van der Waals surface area contributed by atoms with Crippen molar-refractivity contribution in [2.24, 2.45) is 0 Å². The van der Waals surface area contributed by atoms with E-state index in [0.29, 0.717) is 30.2 Å². The number of aromatic hydroxyl groups is 2. The lowest BCUT2D eigenvalue weighted by Crippen LogP contribution is -2.25. The van der Waals surface area contributed by atoms with Gasteiger partial charge in [0.1, 0.15) is 5.75 Å². The molecule has 0 aliphatic heterocycles. The van der Waals surface area contributed by atoms with Crippen LogP contribution in [0.15, 0.2) is 48.5 Å². The number of carbonyl (C=O) groups excluding carboxylic acids is 2. The normalized spacial score (nSPS) is 12.2. The van der Waals surface area contributed by atoms with Gasteiger partial charge in [-0.3, -0.25) is 9.59 Å². The summed E-state index contributed by atoms with van der Waals surface area (Å²) in [4.78, 5) is 27.6. The Morgan fingerprint density at radius 1 is 0.686 bits per heavy atom. The summed E-state index contributed by atoms with van der Waals surface area (Å²) in [5.41, 5.74) is 2.01. The number of rotatable bonds is 10. The quantitative estimate of drug-likeness (QED) is 0.108. The predicted octanol–water partition coefficient (Wildman–Crippen LogP) is 6.04. The van der Waals surface area contributed by atoms with Crippen LogP contribution in [0.2, 0.25) is 0 Å². The summed E-state index contributed by atoms with van der Waals surface area (Å²) in [6, 6.07) is 13.9. The van der Waals surface area contributed by atoms with E-state index in [1.807, 2.05) is 30.3 Å². The number of hydrogen-bond acceptors (Lipinski definition) is 7. The van der Waals surface area contributed by atoms with E-state index in [0.717, 1.165) is 31.4 Å². The minimum Gasteiger partial charge on any atom is -0.507 e. The molecule has 1 aliphatic carbocycles. The molecule has 0 heterocycles. The molecule has 1 aliphatic rings. The van der Waals surface area contributed by atoms with Crippen molar-refractivity contribution in [1.82, 2.24) is 0 Å². The van der Waals surface area contributed by atoms with Crippen LogP contribution in [0.3, 0.4) is 0 Å². The van der Waals surface area contributed by atoms with Gasteiger partial charge in [0, 0.05) is 24.5 Å². The molecule has 7 nitrogen and oxygen atoms in total. The van der Waals surface area contributed by atoms with E-state index < -0.39 is 11.6 Å². The Balaban J connectivity index is 1.87. The summed E-state index contributed by atoms with van der Waals surface area (Å²) in [5.74, 6) is -1.54. The Morgan fingerprint density at radius 2 is 1.29 bits per heavy atom. The highest BCUT2D eigenvalue weighted by atomic mass is 16.3. The van der Waals surface area contributed by atoms with Crippen molar-refractivity contribution in [3.05, 3.63) is 70.8 Å². The first-order valence-corrected chi connectivity index (χ1v) is 12.1. The van der Waals surface area contributed by atoms with E-state index >= 15 is 0 Å². The Labute approximate surface area is 205 Å². The van der Waals surface area contributed by atoms with Crippen LogP contribution in [0.25, 0.3) is 0 Å². The van der Waals surface area contributed by atoms with Crippen molar-refractivity contribution < 1.29 is 19.8 Å². The van der Waals surface area contributed by atoms with Crippen LogP contribution < -0.4 is 16.0 Å². The van der Waals surface area contributed by atoms with E-state index in [-0.39, 0.29) is 33.8 Å². The monoisotopic (exact) mass is 473 g/mol. The molecular formula is C28H31N3O4. The zero-order valence-corrected chi connectivity index (χ0v) is 20.1. The van der Waals surface area contributed by atoms with Gasteiger partial charge in [0.2, 0.25) is 11.6 Å². The fraction of sp³-hybridized carbons (Fsp3) is 0.286. The van der Waals surface area contributed by atoms with Gasteiger partial charge in [0.05, 0.1) is 33.6 Å². The van der Waals surface area contributed by atoms with E-state index in [1.54, 1.807) is 12.1 Å². The van der Waals surface area contributed by atoms with Crippen LogP contribution in [0.5, 0.6) is 11.5 Å². The van der Waals surface area contributed by atoms with Crippen LogP contribution in [0.1, 0.15) is 71.4 Å². The number of ketones is 2. The largest absolute Gasteiger partial charge is 0.507 e. The predicted molar refractivity (Wildman–Crippen MR) is 140 cm³/mol.